The zero-order valence-electron chi connectivity index (χ0n) is 11.1. The van der Waals surface area contributed by atoms with Crippen molar-refractivity contribution in [2.75, 3.05) is 6.26 Å². The minimum Gasteiger partial charge on any atom is -0.383 e. The van der Waals surface area contributed by atoms with Crippen molar-refractivity contribution in [1.82, 2.24) is 5.32 Å². The Morgan fingerprint density at radius 1 is 1.37 bits per heavy atom. The second-order valence-corrected chi connectivity index (χ2v) is 6.79. The lowest BCUT2D eigenvalue weighted by molar-refractivity contribution is -0.216. The molecule has 110 valence electrons. The second-order valence-electron chi connectivity index (χ2n) is 5.65. The lowest BCUT2D eigenvalue weighted by atomic mass is 9.75. The molecule has 1 amide bonds. The molecule has 0 aromatic rings. The molecule has 0 radical (unpaired) electrons. The van der Waals surface area contributed by atoms with Crippen LogP contribution in [0.15, 0.2) is 0 Å². The van der Waals surface area contributed by atoms with E-state index in [0.717, 1.165) is 25.7 Å². The molecule has 0 spiro atoms. The van der Waals surface area contributed by atoms with E-state index in [1.54, 1.807) is 11.8 Å². The molecule has 2 fully saturated rings. The van der Waals surface area contributed by atoms with Gasteiger partial charge < -0.3 is 10.4 Å². The van der Waals surface area contributed by atoms with Crippen LogP contribution in [0.2, 0.25) is 0 Å². The van der Waals surface area contributed by atoms with Crippen molar-refractivity contribution < 1.29 is 18.7 Å². The third-order valence-corrected chi connectivity index (χ3v) is 5.44. The van der Waals surface area contributed by atoms with Gasteiger partial charge in [0.15, 0.2) is 0 Å². The molecular formula is C13H21F2NO2S. The number of thioether (sulfide) groups is 1. The minimum absolute atomic E-state index is 0.00548. The zero-order valence-corrected chi connectivity index (χ0v) is 11.9. The van der Waals surface area contributed by atoms with Crippen LogP contribution in [0.4, 0.5) is 8.78 Å². The molecule has 0 aromatic carbocycles. The van der Waals surface area contributed by atoms with Crippen LogP contribution in [0.3, 0.4) is 0 Å². The predicted molar refractivity (Wildman–Crippen MR) is 71.4 cm³/mol. The van der Waals surface area contributed by atoms with E-state index in [1.165, 1.54) is 0 Å². The molecule has 0 saturated heterocycles. The van der Waals surface area contributed by atoms with Crippen molar-refractivity contribution in [2.24, 2.45) is 0 Å². The summed E-state index contributed by atoms with van der Waals surface area (Å²) >= 11 is 1.72. The number of halogens is 2. The lowest BCUT2D eigenvalue weighted by Crippen LogP contribution is -2.62. The van der Waals surface area contributed by atoms with Crippen molar-refractivity contribution in [3.63, 3.8) is 0 Å². The first kappa shape index (κ1) is 15.0. The second kappa shape index (κ2) is 5.56. The van der Waals surface area contributed by atoms with E-state index in [0.29, 0.717) is 11.7 Å². The van der Waals surface area contributed by atoms with Crippen LogP contribution in [-0.2, 0) is 4.79 Å². The molecule has 2 atom stereocenters. The molecule has 2 aliphatic rings. The first-order valence-corrected chi connectivity index (χ1v) is 8.12. The van der Waals surface area contributed by atoms with Crippen LogP contribution >= 0.6 is 11.8 Å². The van der Waals surface area contributed by atoms with E-state index in [1.807, 2.05) is 6.26 Å². The maximum atomic E-state index is 13.9. The molecular weight excluding hydrogens is 272 g/mol. The van der Waals surface area contributed by atoms with Gasteiger partial charge in [-0.2, -0.15) is 20.5 Å². The molecule has 2 aliphatic carbocycles. The number of carbonyl (C=O) groups is 1. The van der Waals surface area contributed by atoms with Gasteiger partial charge in [0, 0.05) is 11.3 Å². The van der Waals surface area contributed by atoms with Crippen molar-refractivity contribution in [1.29, 1.82) is 0 Å². The lowest BCUT2D eigenvalue weighted by Gasteiger charge is -2.42. The summed E-state index contributed by atoms with van der Waals surface area (Å²) in [6.07, 6.45) is 6.08. The minimum atomic E-state index is -3.67. The molecule has 0 bridgehead atoms. The topological polar surface area (TPSA) is 49.3 Å². The highest BCUT2D eigenvalue weighted by atomic mass is 32.2. The Morgan fingerprint density at radius 3 is 2.58 bits per heavy atom. The summed E-state index contributed by atoms with van der Waals surface area (Å²) in [5.74, 6) is -4.97. The van der Waals surface area contributed by atoms with Gasteiger partial charge in [-0.05, 0) is 44.8 Å². The first-order chi connectivity index (χ1) is 8.89. The van der Waals surface area contributed by atoms with Crippen molar-refractivity contribution in [3.8, 4) is 0 Å². The molecule has 2 rings (SSSR count). The molecule has 2 saturated carbocycles. The van der Waals surface area contributed by atoms with Crippen molar-refractivity contribution in [3.05, 3.63) is 0 Å². The molecule has 19 heavy (non-hydrogen) atoms. The van der Waals surface area contributed by atoms with Gasteiger partial charge in [-0.3, -0.25) is 4.79 Å². The van der Waals surface area contributed by atoms with Crippen molar-refractivity contribution >= 4 is 17.7 Å². The SMILES string of the molecule is CSC1CCCC(NC(=O)C(F)(F)C2(O)CCC2)C1. The van der Waals surface area contributed by atoms with Gasteiger partial charge in [-0.25, -0.2) is 0 Å². The molecule has 3 nitrogen and oxygen atoms in total. The molecule has 6 heteroatoms. The zero-order chi connectivity index (χ0) is 14.1. The fourth-order valence-electron chi connectivity index (χ4n) is 2.80. The van der Waals surface area contributed by atoms with E-state index < -0.39 is 17.4 Å². The smallest absolute Gasteiger partial charge is 0.352 e. The van der Waals surface area contributed by atoms with Crippen LogP contribution in [0.25, 0.3) is 0 Å². The average molecular weight is 293 g/mol. The number of aliphatic hydroxyl groups is 1. The van der Waals surface area contributed by atoms with Crippen LogP contribution in [0.5, 0.6) is 0 Å². The van der Waals surface area contributed by atoms with Crippen molar-refractivity contribution in [2.45, 2.75) is 67.8 Å². The van der Waals surface area contributed by atoms with Gasteiger partial charge in [0.25, 0.3) is 5.91 Å². The van der Waals surface area contributed by atoms with E-state index in [-0.39, 0.29) is 18.9 Å². The molecule has 0 aromatic heterocycles. The summed E-state index contributed by atoms with van der Waals surface area (Å²) in [6.45, 7) is 0. The maximum absolute atomic E-state index is 13.9. The van der Waals surface area contributed by atoms with Gasteiger partial charge in [0.05, 0.1) is 0 Å². The quantitative estimate of drug-likeness (QED) is 0.836. The molecule has 0 heterocycles. The third-order valence-electron chi connectivity index (χ3n) is 4.34. The molecule has 2 N–H and O–H groups in total. The van der Waals surface area contributed by atoms with Crippen LogP contribution in [0, 0.1) is 0 Å². The summed E-state index contributed by atoms with van der Waals surface area (Å²) in [5, 5.41) is 12.6. The number of carbonyl (C=O) groups excluding carboxylic acids is 1. The third kappa shape index (κ3) is 2.89. The summed E-state index contributed by atoms with van der Waals surface area (Å²) in [6, 6.07) is -0.187. The van der Waals surface area contributed by atoms with Gasteiger partial charge in [0.1, 0.15) is 5.60 Å². The van der Waals surface area contributed by atoms with E-state index in [9.17, 15) is 18.7 Å². The van der Waals surface area contributed by atoms with Gasteiger partial charge in [-0.1, -0.05) is 6.42 Å². The summed E-state index contributed by atoms with van der Waals surface area (Å²) in [4.78, 5) is 11.7. The summed E-state index contributed by atoms with van der Waals surface area (Å²) < 4.78 is 27.8. The predicted octanol–water partition coefficient (Wildman–Crippen LogP) is 2.33. The number of alkyl halides is 2. The highest BCUT2D eigenvalue weighted by molar-refractivity contribution is 7.99. The highest BCUT2D eigenvalue weighted by Gasteiger charge is 2.61. The maximum Gasteiger partial charge on any atom is 0.352 e. The Morgan fingerprint density at radius 2 is 2.05 bits per heavy atom. The number of rotatable bonds is 4. The van der Waals surface area contributed by atoms with Gasteiger partial charge >= 0.3 is 5.92 Å². The van der Waals surface area contributed by atoms with Crippen LogP contribution in [-0.4, -0.2) is 40.1 Å². The number of amides is 1. The first-order valence-electron chi connectivity index (χ1n) is 6.83. The Labute approximate surface area is 116 Å². The largest absolute Gasteiger partial charge is 0.383 e. The fraction of sp³-hybridized carbons (Fsp3) is 0.923. The molecule has 2 unspecified atom stereocenters. The van der Waals surface area contributed by atoms with E-state index in [2.05, 4.69) is 5.32 Å². The van der Waals surface area contributed by atoms with Gasteiger partial charge in [-0.15, -0.1) is 0 Å². The summed E-state index contributed by atoms with van der Waals surface area (Å²) in [7, 11) is 0. The monoisotopic (exact) mass is 293 g/mol. The normalized spacial score (nSPS) is 30.5. The standard InChI is InChI=1S/C13H21F2NO2S/c1-19-10-5-2-4-9(8-10)16-11(17)13(14,15)12(18)6-3-7-12/h9-10,18H,2-8H2,1H3,(H,16,17). The number of nitrogens with one attached hydrogen (secondary N) is 1. The Bertz CT molecular complexity index is 348. The van der Waals surface area contributed by atoms with Crippen LogP contribution in [0.1, 0.15) is 44.9 Å². The summed E-state index contributed by atoms with van der Waals surface area (Å²) in [5.41, 5.74) is -2.12. The highest BCUT2D eigenvalue weighted by Crippen LogP contribution is 2.44. The van der Waals surface area contributed by atoms with E-state index in [4.69, 9.17) is 0 Å². The van der Waals surface area contributed by atoms with Gasteiger partial charge in [0.2, 0.25) is 0 Å². The Hall–Kier alpha value is -0.360. The van der Waals surface area contributed by atoms with E-state index >= 15 is 0 Å². The Balaban J connectivity index is 1.93. The van der Waals surface area contributed by atoms with Crippen LogP contribution < -0.4 is 5.32 Å². The fourth-order valence-corrected chi connectivity index (χ4v) is 3.63. The number of hydrogen-bond donors (Lipinski definition) is 2. The average Bonchev–Trinajstić information content (AvgIpc) is 2.35. The Kier molecular flexibility index (Phi) is 4.40. The number of hydrogen-bond acceptors (Lipinski definition) is 3. The molecule has 0 aliphatic heterocycles.